The highest BCUT2D eigenvalue weighted by atomic mass is 32.1. The third-order valence-electron chi connectivity index (χ3n) is 5.41. The molecule has 176 valence electrons. The lowest BCUT2D eigenvalue weighted by Crippen LogP contribution is -2.26. The van der Waals surface area contributed by atoms with Crippen molar-refractivity contribution in [2.75, 3.05) is 32.5 Å². The Labute approximate surface area is 191 Å². The van der Waals surface area contributed by atoms with Crippen molar-refractivity contribution in [2.45, 2.75) is 79.2 Å². The van der Waals surface area contributed by atoms with Crippen molar-refractivity contribution < 1.29 is 14.6 Å². The van der Waals surface area contributed by atoms with Gasteiger partial charge in [0, 0.05) is 18.1 Å². The van der Waals surface area contributed by atoms with Crippen molar-refractivity contribution >= 4 is 33.5 Å². The number of likely N-dealkylation sites (tertiary alicyclic amines) is 1. The number of nitrogens with zero attached hydrogens (tertiary/aromatic N) is 2. The van der Waals surface area contributed by atoms with Gasteiger partial charge in [-0.05, 0) is 67.1 Å². The van der Waals surface area contributed by atoms with E-state index in [4.69, 9.17) is 10.5 Å². The minimum Gasteiger partial charge on any atom is -0.506 e. The maximum atomic E-state index is 10.7. The summed E-state index contributed by atoms with van der Waals surface area (Å²) in [6, 6.07) is 0. The normalized spacial score (nSPS) is 15.2. The van der Waals surface area contributed by atoms with E-state index in [1.54, 1.807) is 21.0 Å². The van der Waals surface area contributed by atoms with E-state index in [1.807, 2.05) is 20.8 Å². The molecule has 0 saturated carbocycles. The van der Waals surface area contributed by atoms with Crippen molar-refractivity contribution in [3.8, 4) is 5.75 Å². The fourth-order valence-electron chi connectivity index (χ4n) is 3.20. The zero-order valence-electron chi connectivity index (χ0n) is 20.4. The fraction of sp³-hybridized carbons (Fsp3) is 0.667. The molecule has 1 saturated heterocycles. The van der Waals surface area contributed by atoms with Gasteiger partial charge in [-0.1, -0.05) is 26.2 Å². The number of hydrogen-bond acceptors (Lipinski definition) is 7. The highest BCUT2D eigenvalue weighted by Gasteiger charge is 2.16. The van der Waals surface area contributed by atoms with Crippen molar-refractivity contribution in [3.05, 3.63) is 16.1 Å². The van der Waals surface area contributed by atoms with Gasteiger partial charge >= 0.3 is 0 Å². The zero-order chi connectivity index (χ0) is 23.6. The van der Waals surface area contributed by atoms with Gasteiger partial charge in [0.15, 0.2) is 6.29 Å². The van der Waals surface area contributed by atoms with Crippen LogP contribution >= 0.6 is 11.3 Å². The molecule has 3 heterocycles. The number of pyridine rings is 1. The molecule has 0 spiro atoms. The topological polar surface area (TPSA) is 88.7 Å². The van der Waals surface area contributed by atoms with E-state index in [0.717, 1.165) is 0 Å². The van der Waals surface area contributed by atoms with Crippen LogP contribution < -0.4 is 5.73 Å². The maximum absolute atomic E-state index is 10.7. The van der Waals surface area contributed by atoms with Crippen LogP contribution in [0.1, 0.15) is 80.7 Å². The summed E-state index contributed by atoms with van der Waals surface area (Å²) < 4.78 is 4.94. The molecule has 2 aromatic rings. The summed E-state index contributed by atoms with van der Waals surface area (Å²) in [7, 11) is 1.71. The molecule has 0 radical (unpaired) electrons. The number of methoxy groups -OCH3 is 1. The number of hydrogen-bond donors (Lipinski definition) is 2. The van der Waals surface area contributed by atoms with Gasteiger partial charge < -0.3 is 20.5 Å². The standard InChI is InChI=1S/C10H10N2O2S.C9H19N.C5H12O/c1-4-7-8(11)6(3-13)15-10(7)12-5(2)9(4)14;1-2-10-8-6-4-3-5-7-9-10;1-5(2,3)6-4/h3,14H,11H2,1-2H3;2-9H2,1H3;1-4H3. The van der Waals surface area contributed by atoms with E-state index in [-0.39, 0.29) is 11.4 Å². The van der Waals surface area contributed by atoms with Gasteiger partial charge in [-0.25, -0.2) is 4.98 Å². The summed E-state index contributed by atoms with van der Waals surface area (Å²) in [5, 5.41) is 10.4. The lowest BCUT2D eigenvalue weighted by atomic mass is 10.1. The quantitative estimate of drug-likeness (QED) is 0.568. The molecular weight excluding hydrogens is 410 g/mol. The van der Waals surface area contributed by atoms with Crippen LogP contribution in [-0.4, -0.2) is 53.6 Å². The molecule has 6 nitrogen and oxygen atoms in total. The van der Waals surface area contributed by atoms with E-state index in [2.05, 4.69) is 16.8 Å². The highest BCUT2D eigenvalue weighted by molar-refractivity contribution is 7.20. The Morgan fingerprint density at radius 3 is 2.13 bits per heavy atom. The summed E-state index contributed by atoms with van der Waals surface area (Å²) >= 11 is 1.25. The number of nitrogens with two attached hydrogens (primary N) is 1. The monoisotopic (exact) mass is 451 g/mol. The Kier molecular flexibility index (Phi) is 11.5. The van der Waals surface area contributed by atoms with Crippen LogP contribution in [0, 0.1) is 13.8 Å². The molecular formula is C24H41N3O3S. The molecule has 0 aromatic carbocycles. The van der Waals surface area contributed by atoms with Crippen LogP contribution in [0.3, 0.4) is 0 Å². The van der Waals surface area contributed by atoms with E-state index < -0.39 is 0 Å². The second kappa shape index (κ2) is 13.0. The molecule has 1 fully saturated rings. The largest absolute Gasteiger partial charge is 0.506 e. The molecule has 0 unspecified atom stereocenters. The van der Waals surface area contributed by atoms with Gasteiger partial charge in [-0.15, -0.1) is 11.3 Å². The number of thiophene rings is 1. The highest BCUT2D eigenvalue weighted by Crippen LogP contribution is 2.37. The van der Waals surface area contributed by atoms with Gasteiger partial charge in [0.05, 0.1) is 21.9 Å². The van der Waals surface area contributed by atoms with Crippen molar-refractivity contribution in [1.29, 1.82) is 0 Å². The Hall–Kier alpha value is -1.70. The lowest BCUT2D eigenvalue weighted by Gasteiger charge is -2.22. The molecule has 0 amide bonds. The zero-order valence-corrected chi connectivity index (χ0v) is 21.2. The molecule has 0 aliphatic carbocycles. The first kappa shape index (κ1) is 27.3. The minimum atomic E-state index is 0.0417. The Balaban J connectivity index is 0.000000260. The second-order valence-electron chi connectivity index (χ2n) is 8.87. The molecule has 0 atom stereocenters. The van der Waals surface area contributed by atoms with Gasteiger partial charge in [0.25, 0.3) is 0 Å². The predicted octanol–water partition coefficient (Wildman–Crippen LogP) is 5.72. The average molecular weight is 452 g/mol. The first-order chi connectivity index (χ1) is 14.6. The third kappa shape index (κ3) is 8.75. The van der Waals surface area contributed by atoms with Crippen molar-refractivity contribution in [2.24, 2.45) is 0 Å². The number of nitrogen functional groups attached to an aromatic ring is 1. The van der Waals surface area contributed by atoms with Crippen LogP contribution in [0.15, 0.2) is 0 Å². The van der Waals surface area contributed by atoms with E-state index in [9.17, 15) is 9.90 Å². The number of carbonyl (C=O) groups excluding carboxylic acids is 1. The van der Waals surface area contributed by atoms with E-state index >= 15 is 0 Å². The van der Waals surface area contributed by atoms with Crippen LogP contribution in [0.5, 0.6) is 5.75 Å². The number of fused-ring (bicyclic) bond motifs is 1. The van der Waals surface area contributed by atoms with Gasteiger partial charge in [0.1, 0.15) is 10.6 Å². The summed E-state index contributed by atoms with van der Waals surface area (Å²) in [4.78, 5) is 18.6. The third-order valence-corrected chi connectivity index (χ3v) is 6.44. The number of aromatic nitrogens is 1. The van der Waals surface area contributed by atoms with Gasteiger partial charge in [-0.3, -0.25) is 4.79 Å². The Morgan fingerprint density at radius 2 is 1.68 bits per heavy atom. The fourth-order valence-corrected chi connectivity index (χ4v) is 4.22. The van der Waals surface area contributed by atoms with Crippen molar-refractivity contribution in [3.63, 3.8) is 0 Å². The molecule has 3 N–H and O–H groups in total. The van der Waals surface area contributed by atoms with Gasteiger partial charge in [0.2, 0.25) is 0 Å². The van der Waals surface area contributed by atoms with E-state index in [0.29, 0.717) is 38.3 Å². The predicted molar refractivity (Wildman–Crippen MR) is 133 cm³/mol. The van der Waals surface area contributed by atoms with Crippen LogP contribution in [-0.2, 0) is 4.74 Å². The van der Waals surface area contributed by atoms with Crippen molar-refractivity contribution in [1.82, 2.24) is 9.88 Å². The molecule has 2 aromatic heterocycles. The molecule has 1 aliphatic heterocycles. The SMILES string of the molecule is CCN1CCCCCCC1.COC(C)(C)C.Cc1nc2sc(C=O)c(N)c2c(C)c1O. The average Bonchev–Trinajstić information content (AvgIpc) is 3.02. The number of aldehydes is 1. The first-order valence-corrected chi connectivity index (χ1v) is 12.0. The minimum absolute atomic E-state index is 0.0417. The smallest absolute Gasteiger partial charge is 0.162 e. The first-order valence-electron chi connectivity index (χ1n) is 11.2. The summed E-state index contributed by atoms with van der Waals surface area (Å²) in [5.74, 6) is 0.143. The molecule has 0 bridgehead atoms. The van der Waals surface area contributed by atoms with Crippen LogP contribution in [0.2, 0.25) is 0 Å². The second-order valence-corrected chi connectivity index (χ2v) is 9.90. The Bertz CT molecular complexity index is 820. The molecule has 1 aliphatic rings. The molecule has 3 rings (SSSR count). The number of aryl methyl sites for hydroxylation is 2. The summed E-state index contributed by atoms with van der Waals surface area (Å²) in [6.45, 7) is 15.8. The Morgan fingerprint density at radius 1 is 1.16 bits per heavy atom. The van der Waals surface area contributed by atoms with Crippen LogP contribution in [0.25, 0.3) is 10.2 Å². The molecule has 7 heteroatoms. The number of anilines is 1. The summed E-state index contributed by atoms with van der Waals surface area (Å²) in [6.07, 6.45) is 7.94. The number of aromatic hydroxyl groups is 1. The lowest BCUT2D eigenvalue weighted by molar-refractivity contribution is 0.0397. The maximum Gasteiger partial charge on any atom is 0.162 e. The number of ether oxygens (including phenoxy) is 1. The molecule has 31 heavy (non-hydrogen) atoms. The van der Waals surface area contributed by atoms with Gasteiger partial charge in [-0.2, -0.15) is 0 Å². The number of rotatable bonds is 2. The van der Waals surface area contributed by atoms with Crippen LogP contribution in [0.4, 0.5) is 5.69 Å². The summed E-state index contributed by atoms with van der Waals surface area (Å²) in [5.41, 5.74) is 7.48. The van der Waals surface area contributed by atoms with E-state index in [1.165, 1.54) is 63.1 Å². The number of carbonyl (C=O) groups is 1.